The van der Waals surface area contributed by atoms with E-state index in [0.29, 0.717) is 18.0 Å². The van der Waals surface area contributed by atoms with Crippen LogP contribution in [0.5, 0.6) is 0 Å². The molecular formula is C20H28N4O. The average Bonchev–Trinajstić information content (AvgIpc) is 3.01. The van der Waals surface area contributed by atoms with E-state index in [1.807, 2.05) is 17.0 Å². The first kappa shape index (κ1) is 17.7. The summed E-state index contributed by atoms with van der Waals surface area (Å²) >= 11 is 0. The Bertz CT molecular complexity index is 706. The minimum atomic E-state index is -0.301. The number of nitriles is 1. The van der Waals surface area contributed by atoms with Crippen molar-refractivity contribution < 1.29 is 4.79 Å². The molecule has 134 valence electrons. The number of likely N-dealkylation sites (tertiary alicyclic amines) is 1. The van der Waals surface area contributed by atoms with Crippen LogP contribution < -0.4 is 4.90 Å². The van der Waals surface area contributed by atoms with E-state index < -0.39 is 0 Å². The summed E-state index contributed by atoms with van der Waals surface area (Å²) in [7, 11) is 0. The van der Waals surface area contributed by atoms with Gasteiger partial charge in [0.05, 0.1) is 11.0 Å². The van der Waals surface area contributed by atoms with Gasteiger partial charge in [-0.3, -0.25) is 4.79 Å². The van der Waals surface area contributed by atoms with Gasteiger partial charge in [0.2, 0.25) is 5.91 Å². The van der Waals surface area contributed by atoms with Gasteiger partial charge in [0.25, 0.3) is 0 Å². The van der Waals surface area contributed by atoms with E-state index >= 15 is 0 Å². The number of pyridine rings is 1. The topological polar surface area (TPSA) is 60.2 Å². The molecule has 1 unspecified atom stereocenters. The van der Waals surface area contributed by atoms with Gasteiger partial charge in [0.1, 0.15) is 11.9 Å². The van der Waals surface area contributed by atoms with Crippen molar-refractivity contribution in [1.82, 2.24) is 9.88 Å². The quantitative estimate of drug-likeness (QED) is 0.847. The Hall–Kier alpha value is -2.09. The van der Waals surface area contributed by atoms with E-state index in [0.717, 1.165) is 43.9 Å². The highest BCUT2D eigenvalue weighted by atomic mass is 16.2. The fraction of sp³-hybridized carbons (Fsp3) is 0.650. The summed E-state index contributed by atoms with van der Waals surface area (Å²) in [5, 5.41) is 9.49. The molecule has 5 heteroatoms. The van der Waals surface area contributed by atoms with Gasteiger partial charge < -0.3 is 9.80 Å². The largest absolute Gasteiger partial charge is 0.354 e. The number of piperidine rings is 1. The molecule has 0 bridgehead atoms. The SMILES string of the molecule is CC(C)c1ccc(C#N)c(N2CCC3(CCCN(C(C)C)C3=O)C2)n1. The normalized spacial score (nSPS) is 23.8. The Labute approximate surface area is 150 Å². The van der Waals surface area contributed by atoms with Crippen LogP contribution in [0.1, 0.15) is 64.1 Å². The van der Waals surface area contributed by atoms with Crippen LogP contribution in [-0.4, -0.2) is 41.5 Å². The number of nitrogens with zero attached hydrogens (tertiary/aromatic N) is 4. The second-order valence-corrected chi connectivity index (χ2v) is 8.02. The van der Waals surface area contributed by atoms with E-state index in [2.05, 4.69) is 38.7 Å². The lowest BCUT2D eigenvalue weighted by Crippen LogP contribution is -2.52. The van der Waals surface area contributed by atoms with Crippen molar-refractivity contribution in [3.63, 3.8) is 0 Å². The van der Waals surface area contributed by atoms with E-state index in [9.17, 15) is 10.1 Å². The number of rotatable bonds is 3. The molecule has 3 rings (SSSR count). The summed E-state index contributed by atoms with van der Waals surface area (Å²) in [5.41, 5.74) is 1.30. The number of anilines is 1. The minimum absolute atomic E-state index is 0.246. The molecule has 3 heterocycles. The number of carbonyl (C=O) groups excluding carboxylic acids is 1. The lowest BCUT2D eigenvalue weighted by molar-refractivity contribution is -0.147. The van der Waals surface area contributed by atoms with Crippen molar-refractivity contribution in [2.45, 2.75) is 58.9 Å². The second-order valence-electron chi connectivity index (χ2n) is 8.02. The van der Waals surface area contributed by atoms with Crippen LogP contribution in [0.3, 0.4) is 0 Å². The van der Waals surface area contributed by atoms with E-state index in [4.69, 9.17) is 4.98 Å². The van der Waals surface area contributed by atoms with E-state index in [-0.39, 0.29) is 17.4 Å². The fourth-order valence-corrected chi connectivity index (χ4v) is 4.14. The van der Waals surface area contributed by atoms with Crippen LogP contribution in [0, 0.1) is 16.7 Å². The number of carbonyl (C=O) groups is 1. The molecule has 0 radical (unpaired) electrons. The molecule has 2 aliphatic rings. The summed E-state index contributed by atoms with van der Waals surface area (Å²) in [6.45, 7) is 10.7. The van der Waals surface area contributed by atoms with Crippen molar-refractivity contribution in [3.8, 4) is 6.07 Å². The second kappa shape index (κ2) is 6.67. The number of aromatic nitrogens is 1. The predicted octanol–water partition coefficient (Wildman–Crippen LogP) is 3.30. The summed E-state index contributed by atoms with van der Waals surface area (Å²) in [6, 6.07) is 6.32. The van der Waals surface area contributed by atoms with Gasteiger partial charge in [-0.1, -0.05) is 13.8 Å². The Morgan fingerprint density at radius 1 is 1.20 bits per heavy atom. The number of hydrogen-bond acceptors (Lipinski definition) is 4. The lowest BCUT2D eigenvalue weighted by Gasteiger charge is -2.41. The monoisotopic (exact) mass is 340 g/mol. The first-order valence-electron chi connectivity index (χ1n) is 9.35. The molecule has 25 heavy (non-hydrogen) atoms. The van der Waals surface area contributed by atoms with Crippen LogP contribution in [0.4, 0.5) is 5.82 Å². The molecule has 0 N–H and O–H groups in total. The zero-order valence-corrected chi connectivity index (χ0v) is 15.7. The zero-order chi connectivity index (χ0) is 18.2. The maximum Gasteiger partial charge on any atom is 0.230 e. The molecule has 0 saturated carbocycles. The first-order chi connectivity index (χ1) is 11.9. The van der Waals surface area contributed by atoms with Crippen molar-refractivity contribution >= 4 is 11.7 Å². The molecule has 2 fully saturated rings. The molecule has 2 aliphatic heterocycles. The molecule has 1 atom stereocenters. The van der Waals surface area contributed by atoms with Crippen LogP contribution in [-0.2, 0) is 4.79 Å². The maximum atomic E-state index is 13.1. The fourth-order valence-electron chi connectivity index (χ4n) is 4.14. The van der Waals surface area contributed by atoms with Crippen molar-refractivity contribution in [1.29, 1.82) is 5.26 Å². The standard InChI is InChI=1S/C20H28N4O/c1-14(2)17-7-6-16(12-21)18(22-17)23-11-9-20(13-23)8-5-10-24(15(3)4)19(20)25/h6-7,14-15H,5,8-11,13H2,1-4H3. The molecular weight excluding hydrogens is 312 g/mol. The van der Waals surface area contributed by atoms with Gasteiger partial charge in [0, 0.05) is 31.4 Å². The van der Waals surface area contributed by atoms with Gasteiger partial charge in [-0.2, -0.15) is 5.26 Å². The maximum absolute atomic E-state index is 13.1. The van der Waals surface area contributed by atoms with Crippen LogP contribution in [0.25, 0.3) is 0 Å². The minimum Gasteiger partial charge on any atom is -0.354 e. The van der Waals surface area contributed by atoms with Crippen LogP contribution in [0.15, 0.2) is 12.1 Å². The molecule has 1 amide bonds. The van der Waals surface area contributed by atoms with Gasteiger partial charge in [-0.25, -0.2) is 4.98 Å². The Morgan fingerprint density at radius 3 is 2.60 bits per heavy atom. The lowest BCUT2D eigenvalue weighted by atomic mass is 9.78. The summed E-state index contributed by atoms with van der Waals surface area (Å²) in [5.74, 6) is 1.35. The van der Waals surface area contributed by atoms with Gasteiger partial charge in [-0.05, 0) is 51.2 Å². The molecule has 0 aromatic carbocycles. The van der Waals surface area contributed by atoms with Crippen molar-refractivity contribution in [2.24, 2.45) is 5.41 Å². The molecule has 1 aromatic heterocycles. The highest BCUT2D eigenvalue weighted by molar-refractivity contribution is 5.85. The summed E-state index contributed by atoms with van der Waals surface area (Å²) < 4.78 is 0. The molecule has 1 spiro atoms. The molecule has 1 aromatic rings. The summed E-state index contributed by atoms with van der Waals surface area (Å²) in [4.78, 5) is 22.1. The van der Waals surface area contributed by atoms with E-state index in [1.54, 1.807) is 0 Å². The van der Waals surface area contributed by atoms with Gasteiger partial charge >= 0.3 is 0 Å². The highest BCUT2D eigenvalue weighted by Crippen LogP contribution is 2.42. The third-order valence-corrected chi connectivity index (χ3v) is 5.65. The molecule has 0 aliphatic carbocycles. The van der Waals surface area contributed by atoms with Crippen molar-refractivity contribution in [3.05, 3.63) is 23.4 Å². The average molecular weight is 340 g/mol. The van der Waals surface area contributed by atoms with E-state index in [1.165, 1.54) is 0 Å². The highest BCUT2D eigenvalue weighted by Gasteiger charge is 2.49. The van der Waals surface area contributed by atoms with Gasteiger partial charge in [-0.15, -0.1) is 0 Å². The third kappa shape index (κ3) is 3.10. The Morgan fingerprint density at radius 2 is 1.96 bits per heavy atom. The zero-order valence-electron chi connectivity index (χ0n) is 15.7. The molecule has 5 nitrogen and oxygen atoms in total. The smallest absolute Gasteiger partial charge is 0.230 e. The molecule has 2 saturated heterocycles. The first-order valence-corrected chi connectivity index (χ1v) is 9.35. The predicted molar refractivity (Wildman–Crippen MR) is 98.4 cm³/mol. The summed E-state index contributed by atoms with van der Waals surface area (Å²) in [6.07, 6.45) is 2.85. The number of amides is 1. The van der Waals surface area contributed by atoms with Gasteiger partial charge in [0.15, 0.2) is 0 Å². The Kier molecular flexibility index (Phi) is 4.73. The number of hydrogen-bond donors (Lipinski definition) is 0. The van der Waals surface area contributed by atoms with Crippen molar-refractivity contribution in [2.75, 3.05) is 24.5 Å². The van der Waals surface area contributed by atoms with Crippen LogP contribution in [0.2, 0.25) is 0 Å². The third-order valence-electron chi connectivity index (χ3n) is 5.65. The Balaban J connectivity index is 1.89. The van der Waals surface area contributed by atoms with Crippen LogP contribution >= 0.6 is 0 Å².